The number of hydrogen-bond donors (Lipinski definition) is 2. The van der Waals surface area contributed by atoms with Gasteiger partial charge in [0.1, 0.15) is 5.75 Å². The normalized spacial score (nSPS) is 26.0. The molecule has 2 N–H and O–H groups in total. The maximum atomic E-state index is 12.7. The van der Waals surface area contributed by atoms with Crippen LogP contribution >= 0.6 is 0 Å². The number of para-hydroxylation sites is 1. The lowest BCUT2D eigenvalue weighted by Crippen LogP contribution is -2.45. The van der Waals surface area contributed by atoms with Gasteiger partial charge in [0.25, 0.3) is 5.91 Å². The van der Waals surface area contributed by atoms with E-state index in [2.05, 4.69) is 5.32 Å². The average Bonchev–Trinajstić information content (AvgIpc) is 3.04. The summed E-state index contributed by atoms with van der Waals surface area (Å²) in [6.45, 7) is 4.54. The second-order valence-corrected chi connectivity index (χ2v) is 6.33. The number of nitrogens with zero attached hydrogens (tertiary/aromatic N) is 1. The van der Waals surface area contributed by atoms with Crippen molar-refractivity contribution in [2.45, 2.75) is 38.6 Å². The molecule has 0 aromatic heterocycles. The highest BCUT2D eigenvalue weighted by atomic mass is 16.3. The molecular formula is C17H24N2O2. The molecule has 0 radical (unpaired) electrons. The molecule has 0 aliphatic carbocycles. The number of carbonyl (C=O) groups is 1. The van der Waals surface area contributed by atoms with Crippen LogP contribution in [0.3, 0.4) is 0 Å². The number of piperidine rings is 1. The maximum Gasteiger partial charge on any atom is 0.257 e. The Morgan fingerprint density at radius 2 is 2.19 bits per heavy atom. The van der Waals surface area contributed by atoms with Crippen molar-refractivity contribution in [2.24, 2.45) is 5.92 Å². The Bertz CT molecular complexity index is 524. The van der Waals surface area contributed by atoms with Gasteiger partial charge < -0.3 is 15.3 Å². The summed E-state index contributed by atoms with van der Waals surface area (Å²) in [6, 6.07) is 5.95. The van der Waals surface area contributed by atoms with Gasteiger partial charge in [-0.3, -0.25) is 4.79 Å². The molecule has 4 nitrogen and oxygen atoms in total. The number of phenols is 1. The molecule has 2 aliphatic heterocycles. The third-order valence-electron chi connectivity index (χ3n) is 4.88. The fourth-order valence-electron chi connectivity index (χ4n) is 3.64. The van der Waals surface area contributed by atoms with Gasteiger partial charge >= 0.3 is 0 Å². The number of phenolic OH excluding ortho intramolecular Hbond substituents is 1. The zero-order valence-electron chi connectivity index (χ0n) is 12.6. The van der Waals surface area contributed by atoms with Crippen LogP contribution in [0.4, 0.5) is 0 Å². The molecule has 2 saturated heterocycles. The lowest BCUT2D eigenvalue weighted by atomic mass is 9.89. The highest BCUT2D eigenvalue weighted by molar-refractivity contribution is 5.97. The standard InChI is InChI=1S/C17H24N2O2/c1-12-5-2-7-14(16(12)20)17(21)19-10-4-6-13(11-19)15-8-3-9-18-15/h2,5,7,13,15,18,20H,3-4,6,8-11H2,1H3. The number of likely N-dealkylation sites (tertiary alicyclic amines) is 1. The van der Waals surface area contributed by atoms with Crippen LogP contribution in [0.1, 0.15) is 41.6 Å². The van der Waals surface area contributed by atoms with Crippen molar-refractivity contribution in [1.29, 1.82) is 0 Å². The summed E-state index contributed by atoms with van der Waals surface area (Å²) in [6.07, 6.45) is 4.72. The molecule has 1 aromatic carbocycles. The summed E-state index contributed by atoms with van der Waals surface area (Å²) < 4.78 is 0. The van der Waals surface area contributed by atoms with E-state index in [0.29, 0.717) is 17.5 Å². The van der Waals surface area contributed by atoms with Crippen molar-refractivity contribution in [1.82, 2.24) is 10.2 Å². The van der Waals surface area contributed by atoms with E-state index < -0.39 is 0 Å². The Labute approximate surface area is 126 Å². The number of aromatic hydroxyl groups is 1. The summed E-state index contributed by atoms with van der Waals surface area (Å²) in [5.74, 6) is 0.652. The van der Waals surface area contributed by atoms with E-state index >= 15 is 0 Å². The molecule has 1 amide bonds. The minimum Gasteiger partial charge on any atom is -0.507 e. The van der Waals surface area contributed by atoms with Crippen LogP contribution < -0.4 is 5.32 Å². The molecule has 0 bridgehead atoms. The first-order valence-corrected chi connectivity index (χ1v) is 7.98. The zero-order chi connectivity index (χ0) is 14.8. The molecule has 1 aromatic rings. The van der Waals surface area contributed by atoms with Crippen LogP contribution in [0, 0.1) is 12.8 Å². The van der Waals surface area contributed by atoms with Crippen LogP contribution in [-0.2, 0) is 0 Å². The summed E-state index contributed by atoms with van der Waals surface area (Å²) in [5.41, 5.74) is 1.20. The van der Waals surface area contributed by atoms with Crippen LogP contribution in [0.25, 0.3) is 0 Å². The van der Waals surface area contributed by atoms with E-state index in [1.807, 2.05) is 24.0 Å². The number of nitrogens with one attached hydrogen (secondary N) is 1. The van der Waals surface area contributed by atoms with E-state index in [-0.39, 0.29) is 11.7 Å². The fourth-order valence-corrected chi connectivity index (χ4v) is 3.64. The number of carbonyl (C=O) groups excluding carboxylic acids is 1. The first-order valence-electron chi connectivity index (χ1n) is 7.98. The number of hydrogen-bond acceptors (Lipinski definition) is 3. The number of rotatable bonds is 2. The van der Waals surface area contributed by atoms with Crippen molar-refractivity contribution in [2.75, 3.05) is 19.6 Å². The van der Waals surface area contributed by atoms with E-state index in [1.165, 1.54) is 19.3 Å². The Balaban J connectivity index is 1.73. The summed E-state index contributed by atoms with van der Waals surface area (Å²) in [7, 11) is 0. The third kappa shape index (κ3) is 2.91. The summed E-state index contributed by atoms with van der Waals surface area (Å²) in [4.78, 5) is 14.6. The predicted molar refractivity (Wildman–Crippen MR) is 82.5 cm³/mol. The minimum atomic E-state index is -0.0288. The van der Waals surface area contributed by atoms with Crippen molar-refractivity contribution >= 4 is 5.91 Å². The Morgan fingerprint density at radius 1 is 1.33 bits per heavy atom. The summed E-state index contributed by atoms with van der Waals surface area (Å²) >= 11 is 0. The highest BCUT2D eigenvalue weighted by Crippen LogP contribution is 2.28. The van der Waals surface area contributed by atoms with Crippen LogP contribution in [-0.4, -0.2) is 41.6 Å². The fraction of sp³-hybridized carbons (Fsp3) is 0.588. The van der Waals surface area contributed by atoms with Gasteiger partial charge in [-0.25, -0.2) is 0 Å². The monoisotopic (exact) mass is 288 g/mol. The third-order valence-corrected chi connectivity index (χ3v) is 4.88. The van der Waals surface area contributed by atoms with Gasteiger partial charge in [-0.2, -0.15) is 0 Å². The molecule has 2 unspecified atom stereocenters. The van der Waals surface area contributed by atoms with E-state index in [1.54, 1.807) is 6.07 Å². The van der Waals surface area contributed by atoms with Crippen molar-refractivity contribution in [3.63, 3.8) is 0 Å². The topological polar surface area (TPSA) is 52.6 Å². The van der Waals surface area contributed by atoms with Crippen molar-refractivity contribution < 1.29 is 9.90 Å². The molecule has 2 aliphatic rings. The molecule has 3 rings (SSSR count). The quantitative estimate of drug-likeness (QED) is 0.878. The SMILES string of the molecule is Cc1cccc(C(=O)N2CCCC(C3CCCN3)C2)c1O. The van der Waals surface area contributed by atoms with Gasteiger partial charge in [0, 0.05) is 19.1 Å². The average molecular weight is 288 g/mol. The Morgan fingerprint density at radius 3 is 2.95 bits per heavy atom. The smallest absolute Gasteiger partial charge is 0.257 e. The largest absolute Gasteiger partial charge is 0.507 e. The van der Waals surface area contributed by atoms with Crippen LogP contribution in [0.2, 0.25) is 0 Å². The van der Waals surface area contributed by atoms with Gasteiger partial charge in [0.05, 0.1) is 5.56 Å². The molecular weight excluding hydrogens is 264 g/mol. The van der Waals surface area contributed by atoms with E-state index in [4.69, 9.17) is 0 Å². The molecule has 4 heteroatoms. The molecule has 21 heavy (non-hydrogen) atoms. The number of aryl methyl sites for hydroxylation is 1. The van der Waals surface area contributed by atoms with Gasteiger partial charge in [-0.1, -0.05) is 12.1 Å². The first-order chi connectivity index (χ1) is 10.2. The van der Waals surface area contributed by atoms with E-state index in [9.17, 15) is 9.90 Å². The maximum absolute atomic E-state index is 12.7. The molecule has 2 fully saturated rings. The Hall–Kier alpha value is -1.55. The molecule has 2 atom stereocenters. The zero-order valence-corrected chi connectivity index (χ0v) is 12.6. The second kappa shape index (κ2) is 6.06. The van der Waals surface area contributed by atoms with Crippen molar-refractivity contribution in [3.8, 4) is 5.75 Å². The van der Waals surface area contributed by atoms with Gasteiger partial charge in [-0.05, 0) is 56.7 Å². The minimum absolute atomic E-state index is 0.0288. The van der Waals surface area contributed by atoms with Gasteiger partial charge in [0.2, 0.25) is 0 Å². The van der Waals surface area contributed by atoms with Crippen molar-refractivity contribution in [3.05, 3.63) is 29.3 Å². The molecule has 0 saturated carbocycles. The molecule has 2 heterocycles. The summed E-state index contributed by atoms with van der Waals surface area (Å²) in [5, 5.41) is 13.7. The number of amides is 1. The van der Waals surface area contributed by atoms with Gasteiger partial charge in [-0.15, -0.1) is 0 Å². The van der Waals surface area contributed by atoms with E-state index in [0.717, 1.165) is 31.6 Å². The highest BCUT2D eigenvalue weighted by Gasteiger charge is 2.31. The van der Waals surface area contributed by atoms with Gasteiger partial charge in [0.15, 0.2) is 0 Å². The molecule has 0 spiro atoms. The van der Waals surface area contributed by atoms with Crippen LogP contribution in [0.15, 0.2) is 18.2 Å². The molecule has 114 valence electrons. The number of benzene rings is 1. The lowest BCUT2D eigenvalue weighted by Gasteiger charge is -2.36. The predicted octanol–water partition coefficient (Wildman–Crippen LogP) is 2.30. The first kappa shape index (κ1) is 14.4. The lowest BCUT2D eigenvalue weighted by molar-refractivity contribution is 0.0648. The second-order valence-electron chi connectivity index (χ2n) is 6.33. The van der Waals surface area contributed by atoms with Crippen LogP contribution in [0.5, 0.6) is 5.75 Å². The Kier molecular flexibility index (Phi) is 4.15.